The SMILES string of the molecule is CN(Cc1ccsc1)c1ccccc1C(N)=S. The highest BCUT2D eigenvalue weighted by molar-refractivity contribution is 7.80. The third-order valence-corrected chi connectivity index (χ3v) is 3.53. The first kappa shape index (κ1) is 12.1. The summed E-state index contributed by atoms with van der Waals surface area (Å²) >= 11 is 6.78. The smallest absolute Gasteiger partial charge is 0.106 e. The largest absolute Gasteiger partial charge is 0.389 e. The van der Waals surface area contributed by atoms with Crippen LogP contribution in [0.2, 0.25) is 0 Å². The Hall–Kier alpha value is -1.39. The molecule has 0 atom stereocenters. The van der Waals surface area contributed by atoms with Crippen LogP contribution in [0, 0.1) is 0 Å². The second-order valence-corrected chi connectivity index (χ2v) is 5.09. The highest BCUT2D eigenvalue weighted by atomic mass is 32.1. The van der Waals surface area contributed by atoms with Crippen LogP contribution < -0.4 is 10.6 Å². The molecule has 1 aromatic carbocycles. The number of para-hydroxylation sites is 1. The van der Waals surface area contributed by atoms with E-state index in [-0.39, 0.29) is 0 Å². The Morgan fingerprint density at radius 3 is 2.76 bits per heavy atom. The van der Waals surface area contributed by atoms with E-state index in [1.807, 2.05) is 24.3 Å². The summed E-state index contributed by atoms with van der Waals surface area (Å²) in [4.78, 5) is 2.61. The number of nitrogens with zero attached hydrogens (tertiary/aromatic N) is 1. The standard InChI is InChI=1S/C13H14N2S2/c1-15(8-10-6-7-17-9-10)12-5-3-2-4-11(12)13(14)16/h2-7,9H,8H2,1H3,(H2,14,16). The first-order valence-corrected chi connectivity index (χ1v) is 6.64. The molecule has 0 aliphatic rings. The quantitative estimate of drug-likeness (QED) is 0.859. The summed E-state index contributed by atoms with van der Waals surface area (Å²) < 4.78 is 0. The summed E-state index contributed by atoms with van der Waals surface area (Å²) in [6, 6.07) is 10.1. The third-order valence-electron chi connectivity index (χ3n) is 2.58. The van der Waals surface area contributed by atoms with Gasteiger partial charge in [-0.05, 0) is 34.5 Å². The van der Waals surface area contributed by atoms with Gasteiger partial charge < -0.3 is 10.6 Å². The van der Waals surface area contributed by atoms with Gasteiger partial charge in [0.2, 0.25) is 0 Å². The van der Waals surface area contributed by atoms with Gasteiger partial charge in [-0.3, -0.25) is 0 Å². The molecule has 0 saturated heterocycles. The lowest BCUT2D eigenvalue weighted by Gasteiger charge is -2.21. The van der Waals surface area contributed by atoms with Crippen LogP contribution >= 0.6 is 23.6 Å². The average molecular weight is 262 g/mol. The predicted molar refractivity (Wildman–Crippen MR) is 78.8 cm³/mol. The Labute approximate surface area is 111 Å². The van der Waals surface area contributed by atoms with Gasteiger partial charge >= 0.3 is 0 Å². The van der Waals surface area contributed by atoms with Crippen molar-refractivity contribution in [1.29, 1.82) is 0 Å². The van der Waals surface area contributed by atoms with Crippen molar-refractivity contribution in [3.05, 3.63) is 52.2 Å². The Morgan fingerprint density at radius 2 is 2.12 bits per heavy atom. The van der Waals surface area contributed by atoms with Gasteiger partial charge in [0.15, 0.2) is 0 Å². The van der Waals surface area contributed by atoms with Crippen molar-refractivity contribution in [1.82, 2.24) is 0 Å². The molecule has 4 heteroatoms. The maximum Gasteiger partial charge on any atom is 0.106 e. The summed E-state index contributed by atoms with van der Waals surface area (Å²) in [5, 5.41) is 4.24. The van der Waals surface area contributed by atoms with E-state index in [1.54, 1.807) is 11.3 Å². The maximum absolute atomic E-state index is 5.73. The molecule has 2 N–H and O–H groups in total. The van der Waals surface area contributed by atoms with Crippen LogP contribution in [0.25, 0.3) is 0 Å². The van der Waals surface area contributed by atoms with Crippen LogP contribution in [0.1, 0.15) is 11.1 Å². The number of nitrogens with two attached hydrogens (primary N) is 1. The van der Waals surface area contributed by atoms with Gasteiger partial charge in [-0.25, -0.2) is 0 Å². The van der Waals surface area contributed by atoms with Crippen LogP contribution in [-0.2, 0) is 6.54 Å². The van der Waals surface area contributed by atoms with E-state index < -0.39 is 0 Å². The molecule has 0 aliphatic carbocycles. The molecule has 0 spiro atoms. The maximum atomic E-state index is 5.73. The Kier molecular flexibility index (Phi) is 3.76. The molecule has 0 fully saturated rings. The molecule has 0 radical (unpaired) electrons. The van der Waals surface area contributed by atoms with Crippen molar-refractivity contribution in [2.24, 2.45) is 5.73 Å². The lowest BCUT2D eigenvalue weighted by Crippen LogP contribution is -2.21. The van der Waals surface area contributed by atoms with E-state index in [0.29, 0.717) is 4.99 Å². The van der Waals surface area contributed by atoms with E-state index in [4.69, 9.17) is 18.0 Å². The van der Waals surface area contributed by atoms with E-state index in [0.717, 1.165) is 17.8 Å². The van der Waals surface area contributed by atoms with Crippen molar-refractivity contribution >= 4 is 34.2 Å². The Morgan fingerprint density at radius 1 is 1.35 bits per heavy atom. The van der Waals surface area contributed by atoms with Crippen LogP contribution in [0.4, 0.5) is 5.69 Å². The molecule has 2 rings (SSSR count). The average Bonchev–Trinajstić information content (AvgIpc) is 2.81. The van der Waals surface area contributed by atoms with Crippen molar-refractivity contribution in [2.45, 2.75) is 6.54 Å². The van der Waals surface area contributed by atoms with Crippen LogP contribution in [-0.4, -0.2) is 12.0 Å². The summed E-state index contributed by atoms with van der Waals surface area (Å²) in [6.45, 7) is 0.864. The third kappa shape index (κ3) is 2.84. The second kappa shape index (κ2) is 5.29. The minimum atomic E-state index is 0.442. The number of anilines is 1. The zero-order valence-electron chi connectivity index (χ0n) is 9.59. The van der Waals surface area contributed by atoms with Gasteiger partial charge in [0.05, 0.1) is 0 Å². The Bertz CT molecular complexity index is 506. The molecule has 1 aromatic heterocycles. The lowest BCUT2D eigenvalue weighted by molar-refractivity contribution is 0.926. The molecule has 0 amide bonds. The fourth-order valence-electron chi connectivity index (χ4n) is 1.76. The van der Waals surface area contributed by atoms with Gasteiger partial charge in [0, 0.05) is 24.8 Å². The molecule has 0 bridgehead atoms. The first-order valence-electron chi connectivity index (χ1n) is 5.29. The molecular formula is C13H14N2S2. The lowest BCUT2D eigenvalue weighted by atomic mass is 10.1. The number of hydrogen-bond donors (Lipinski definition) is 1. The fourth-order valence-corrected chi connectivity index (χ4v) is 2.59. The van der Waals surface area contributed by atoms with Crippen molar-refractivity contribution in [3.8, 4) is 0 Å². The highest BCUT2D eigenvalue weighted by Crippen LogP contribution is 2.21. The number of thiocarbonyl (C=S) groups is 1. The number of benzene rings is 1. The van der Waals surface area contributed by atoms with Crippen LogP contribution in [0.3, 0.4) is 0 Å². The molecule has 88 valence electrons. The fraction of sp³-hybridized carbons (Fsp3) is 0.154. The zero-order chi connectivity index (χ0) is 12.3. The molecule has 1 heterocycles. The minimum Gasteiger partial charge on any atom is -0.389 e. The second-order valence-electron chi connectivity index (χ2n) is 3.87. The van der Waals surface area contributed by atoms with Crippen LogP contribution in [0.5, 0.6) is 0 Å². The number of rotatable bonds is 4. The Balaban J connectivity index is 2.24. The summed E-state index contributed by atoms with van der Waals surface area (Å²) in [6.07, 6.45) is 0. The monoisotopic (exact) mass is 262 g/mol. The number of hydrogen-bond acceptors (Lipinski definition) is 3. The zero-order valence-corrected chi connectivity index (χ0v) is 11.2. The van der Waals surface area contributed by atoms with E-state index in [1.165, 1.54) is 5.56 Å². The first-order chi connectivity index (χ1) is 8.18. The van der Waals surface area contributed by atoms with Crippen molar-refractivity contribution in [2.75, 3.05) is 11.9 Å². The van der Waals surface area contributed by atoms with E-state index in [9.17, 15) is 0 Å². The molecular weight excluding hydrogens is 248 g/mol. The van der Waals surface area contributed by atoms with E-state index in [2.05, 4.69) is 28.8 Å². The van der Waals surface area contributed by atoms with Gasteiger partial charge in [-0.15, -0.1) is 0 Å². The molecule has 2 nitrogen and oxygen atoms in total. The molecule has 0 unspecified atom stereocenters. The number of thiophene rings is 1. The molecule has 0 aliphatic heterocycles. The summed E-state index contributed by atoms with van der Waals surface area (Å²) in [5.74, 6) is 0. The minimum absolute atomic E-state index is 0.442. The predicted octanol–water partition coefficient (Wildman–Crippen LogP) is 3.02. The van der Waals surface area contributed by atoms with Crippen molar-refractivity contribution < 1.29 is 0 Å². The summed E-state index contributed by atoms with van der Waals surface area (Å²) in [5.41, 5.74) is 9.04. The van der Waals surface area contributed by atoms with Crippen molar-refractivity contribution in [3.63, 3.8) is 0 Å². The summed E-state index contributed by atoms with van der Waals surface area (Å²) in [7, 11) is 2.05. The normalized spacial score (nSPS) is 10.2. The van der Waals surface area contributed by atoms with Gasteiger partial charge in [0.1, 0.15) is 4.99 Å². The molecule has 0 saturated carbocycles. The molecule has 17 heavy (non-hydrogen) atoms. The van der Waals surface area contributed by atoms with E-state index >= 15 is 0 Å². The van der Waals surface area contributed by atoms with Crippen LogP contribution in [0.15, 0.2) is 41.1 Å². The van der Waals surface area contributed by atoms with Gasteiger partial charge in [-0.2, -0.15) is 11.3 Å². The highest BCUT2D eigenvalue weighted by Gasteiger charge is 2.09. The topological polar surface area (TPSA) is 29.3 Å². The van der Waals surface area contributed by atoms with Gasteiger partial charge in [-0.1, -0.05) is 24.4 Å². The molecule has 2 aromatic rings. The van der Waals surface area contributed by atoms with Gasteiger partial charge in [0.25, 0.3) is 0 Å².